The average Bonchev–Trinajstić information content (AvgIpc) is 2.51. The van der Waals surface area contributed by atoms with Gasteiger partial charge in [-0.15, -0.1) is 0 Å². The third-order valence-electron chi connectivity index (χ3n) is 3.01. The van der Waals surface area contributed by atoms with Crippen molar-refractivity contribution in [2.45, 2.75) is 13.5 Å². The maximum Gasteiger partial charge on any atom is 0.387 e. The fraction of sp³-hybridized carbons (Fsp3) is 0.125. The Kier molecular flexibility index (Phi) is 6.05. The second kappa shape index (κ2) is 8.03. The van der Waals surface area contributed by atoms with Crippen LogP contribution < -0.4 is 15.4 Å². The van der Waals surface area contributed by atoms with Gasteiger partial charge in [-0.05, 0) is 49.0 Å². The van der Waals surface area contributed by atoms with Crippen LogP contribution in [0.15, 0.2) is 42.5 Å². The smallest absolute Gasteiger partial charge is 0.387 e. The Hall–Kier alpha value is -2.25. The zero-order valence-electron chi connectivity index (χ0n) is 12.5. The summed E-state index contributed by atoms with van der Waals surface area (Å²) in [6.45, 7) is -1.15. The SMILES string of the molecule is Cc1ccc(C(=O)NC(=S)Nc2ccccc2OC(F)F)cc1Cl. The van der Waals surface area contributed by atoms with E-state index in [9.17, 15) is 13.6 Å². The predicted octanol–water partition coefficient (Wildman–Crippen LogP) is 4.38. The Morgan fingerprint density at radius 1 is 1.25 bits per heavy atom. The van der Waals surface area contributed by atoms with Crippen molar-refractivity contribution in [1.29, 1.82) is 0 Å². The molecule has 4 nitrogen and oxygen atoms in total. The standard InChI is InChI=1S/C16H13ClF2N2O2S/c1-9-6-7-10(8-11(9)17)14(22)21-16(24)20-12-4-2-3-5-13(12)23-15(18)19/h2-8,15H,1H3,(H2,20,21,22,24). The molecule has 0 spiro atoms. The molecule has 2 N–H and O–H groups in total. The van der Waals surface area contributed by atoms with E-state index in [4.69, 9.17) is 23.8 Å². The maximum absolute atomic E-state index is 12.4. The number of anilines is 1. The Labute approximate surface area is 147 Å². The van der Waals surface area contributed by atoms with Gasteiger partial charge < -0.3 is 10.1 Å². The molecule has 24 heavy (non-hydrogen) atoms. The van der Waals surface area contributed by atoms with Gasteiger partial charge in [0.15, 0.2) is 5.11 Å². The lowest BCUT2D eigenvalue weighted by Crippen LogP contribution is -2.34. The zero-order chi connectivity index (χ0) is 17.7. The molecule has 0 atom stereocenters. The van der Waals surface area contributed by atoms with Gasteiger partial charge in [-0.1, -0.05) is 29.8 Å². The molecule has 0 bridgehead atoms. The fourth-order valence-electron chi connectivity index (χ4n) is 1.83. The van der Waals surface area contributed by atoms with Crippen molar-refractivity contribution >= 4 is 40.5 Å². The number of carbonyl (C=O) groups is 1. The van der Waals surface area contributed by atoms with Crippen molar-refractivity contribution in [3.8, 4) is 5.75 Å². The lowest BCUT2D eigenvalue weighted by Gasteiger charge is -2.14. The lowest BCUT2D eigenvalue weighted by atomic mass is 10.1. The van der Waals surface area contributed by atoms with Crippen LogP contribution in [0.3, 0.4) is 0 Å². The van der Waals surface area contributed by atoms with E-state index in [1.807, 2.05) is 6.92 Å². The number of halogens is 3. The zero-order valence-corrected chi connectivity index (χ0v) is 14.0. The third-order valence-corrected chi connectivity index (χ3v) is 3.62. The molecule has 1 amide bonds. The van der Waals surface area contributed by atoms with Crippen LogP contribution in [0.25, 0.3) is 0 Å². The highest BCUT2D eigenvalue weighted by atomic mass is 35.5. The molecule has 0 heterocycles. The Balaban J connectivity index is 2.05. The lowest BCUT2D eigenvalue weighted by molar-refractivity contribution is -0.0493. The van der Waals surface area contributed by atoms with E-state index in [0.717, 1.165) is 5.56 Å². The highest BCUT2D eigenvalue weighted by molar-refractivity contribution is 7.80. The normalized spacial score (nSPS) is 10.4. The van der Waals surface area contributed by atoms with Crippen LogP contribution in [0.1, 0.15) is 15.9 Å². The van der Waals surface area contributed by atoms with E-state index in [1.54, 1.807) is 24.3 Å². The molecule has 0 unspecified atom stereocenters. The van der Waals surface area contributed by atoms with Crippen LogP contribution in [0.5, 0.6) is 5.75 Å². The van der Waals surface area contributed by atoms with E-state index in [0.29, 0.717) is 10.6 Å². The number of para-hydroxylation sites is 2. The third kappa shape index (κ3) is 4.87. The molecule has 2 aromatic carbocycles. The monoisotopic (exact) mass is 370 g/mol. The number of ether oxygens (including phenoxy) is 1. The van der Waals surface area contributed by atoms with Crippen LogP contribution in [0.2, 0.25) is 5.02 Å². The number of rotatable bonds is 4. The number of hydrogen-bond donors (Lipinski definition) is 2. The Morgan fingerprint density at radius 2 is 1.96 bits per heavy atom. The van der Waals surface area contributed by atoms with Crippen molar-refractivity contribution in [3.63, 3.8) is 0 Å². The van der Waals surface area contributed by atoms with Gasteiger partial charge >= 0.3 is 6.61 Å². The summed E-state index contributed by atoms with van der Waals surface area (Å²) in [6, 6.07) is 10.8. The molecular weight excluding hydrogens is 358 g/mol. The minimum Gasteiger partial charge on any atom is -0.433 e. The van der Waals surface area contributed by atoms with Gasteiger partial charge in [0.2, 0.25) is 0 Å². The molecule has 0 aliphatic heterocycles. The van der Waals surface area contributed by atoms with E-state index in [-0.39, 0.29) is 16.5 Å². The van der Waals surface area contributed by atoms with Crippen molar-refractivity contribution in [2.24, 2.45) is 0 Å². The summed E-state index contributed by atoms with van der Waals surface area (Å²) < 4.78 is 29.1. The minimum absolute atomic E-state index is 0.0537. The topological polar surface area (TPSA) is 50.4 Å². The van der Waals surface area contributed by atoms with Gasteiger partial charge in [0.25, 0.3) is 5.91 Å². The maximum atomic E-state index is 12.4. The van der Waals surface area contributed by atoms with Gasteiger partial charge in [-0.3, -0.25) is 10.1 Å². The van der Waals surface area contributed by atoms with Gasteiger partial charge in [-0.2, -0.15) is 8.78 Å². The van der Waals surface area contributed by atoms with Crippen molar-refractivity contribution in [3.05, 3.63) is 58.6 Å². The summed E-state index contributed by atoms with van der Waals surface area (Å²) in [5.41, 5.74) is 1.38. The van der Waals surface area contributed by atoms with Crippen LogP contribution in [0.4, 0.5) is 14.5 Å². The van der Waals surface area contributed by atoms with E-state index in [1.165, 1.54) is 18.2 Å². The molecule has 0 saturated heterocycles. The van der Waals surface area contributed by atoms with E-state index in [2.05, 4.69) is 15.4 Å². The molecule has 0 aromatic heterocycles. The molecule has 0 saturated carbocycles. The molecule has 0 aliphatic rings. The first-order chi connectivity index (χ1) is 11.4. The molecule has 0 radical (unpaired) electrons. The summed E-state index contributed by atoms with van der Waals surface area (Å²) in [5, 5.41) is 5.50. The number of amides is 1. The molecule has 2 aromatic rings. The second-order valence-corrected chi connectivity index (χ2v) is 5.56. The number of aryl methyl sites for hydroxylation is 1. The molecular formula is C16H13ClF2N2O2S. The number of carbonyl (C=O) groups excluding carboxylic acids is 1. The van der Waals surface area contributed by atoms with E-state index < -0.39 is 12.5 Å². The second-order valence-electron chi connectivity index (χ2n) is 4.75. The molecule has 8 heteroatoms. The fourth-order valence-corrected chi connectivity index (χ4v) is 2.21. The summed E-state index contributed by atoms with van der Waals surface area (Å²) >= 11 is 11.0. The summed E-state index contributed by atoms with van der Waals surface area (Å²) in [5.74, 6) is -0.552. The summed E-state index contributed by atoms with van der Waals surface area (Å²) in [6.07, 6.45) is 0. The molecule has 2 rings (SSSR count). The Morgan fingerprint density at radius 3 is 2.62 bits per heavy atom. The van der Waals surface area contributed by atoms with Crippen molar-refractivity contribution in [2.75, 3.05) is 5.32 Å². The Bertz CT molecular complexity index is 771. The largest absolute Gasteiger partial charge is 0.433 e. The first kappa shape index (κ1) is 18.1. The number of alkyl halides is 2. The van der Waals surface area contributed by atoms with Crippen LogP contribution >= 0.6 is 23.8 Å². The number of nitrogens with one attached hydrogen (secondary N) is 2. The molecule has 0 fully saturated rings. The predicted molar refractivity (Wildman–Crippen MR) is 92.9 cm³/mol. The van der Waals surface area contributed by atoms with Gasteiger partial charge in [0, 0.05) is 10.6 Å². The summed E-state index contributed by atoms with van der Waals surface area (Å²) in [4.78, 5) is 12.1. The number of hydrogen-bond acceptors (Lipinski definition) is 3. The van der Waals surface area contributed by atoms with Gasteiger partial charge in [0.05, 0.1) is 5.69 Å². The van der Waals surface area contributed by atoms with Gasteiger partial charge in [-0.25, -0.2) is 0 Å². The van der Waals surface area contributed by atoms with Crippen molar-refractivity contribution < 1.29 is 18.3 Å². The number of thiocarbonyl (C=S) groups is 1. The number of benzene rings is 2. The molecule has 0 aliphatic carbocycles. The van der Waals surface area contributed by atoms with Crippen molar-refractivity contribution in [1.82, 2.24) is 5.32 Å². The molecule has 126 valence electrons. The highest BCUT2D eigenvalue weighted by Crippen LogP contribution is 2.25. The van der Waals surface area contributed by atoms with E-state index >= 15 is 0 Å². The first-order valence-electron chi connectivity index (χ1n) is 6.79. The minimum atomic E-state index is -2.97. The average molecular weight is 371 g/mol. The van der Waals surface area contributed by atoms with Crippen LogP contribution in [-0.4, -0.2) is 17.6 Å². The van der Waals surface area contributed by atoms with Crippen LogP contribution in [0, 0.1) is 6.92 Å². The summed E-state index contributed by atoms with van der Waals surface area (Å²) in [7, 11) is 0. The highest BCUT2D eigenvalue weighted by Gasteiger charge is 2.13. The van der Waals surface area contributed by atoms with Gasteiger partial charge in [0.1, 0.15) is 5.75 Å². The first-order valence-corrected chi connectivity index (χ1v) is 7.58. The van der Waals surface area contributed by atoms with Crippen LogP contribution in [-0.2, 0) is 0 Å². The quantitative estimate of drug-likeness (QED) is 0.784.